The van der Waals surface area contributed by atoms with E-state index in [-0.39, 0.29) is 0 Å². The molecule has 0 aliphatic carbocycles. The lowest BCUT2D eigenvalue weighted by atomic mass is 10.2. The molecule has 0 spiro atoms. The van der Waals surface area contributed by atoms with Crippen molar-refractivity contribution in [2.24, 2.45) is 0 Å². The van der Waals surface area contributed by atoms with Crippen LogP contribution < -0.4 is 5.32 Å². The van der Waals surface area contributed by atoms with Gasteiger partial charge in [0.15, 0.2) is 0 Å². The Bertz CT molecular complexity index is 369. The van der Waals surface area contributed by atoms with Crippen molar-refractivity contribution in [2.75, 3.05) is 6.54 Å². The zero-order valence-electron chi connectivity index (χ0n) is 8.51. The average Bonchev–Trinajstić information content (AvgIpc) is 2.89. The second kappa shape index (κ2) is 5.34. The highest BCUT2D eigenvalue weighted by molar-refractivity contribution is 7.10. The molecule has 0 aromatic carbocycles. The molecule has 0 saturated carbocycles. The average molecular weight is 239 g/mol. The molecule has 0 amide bonds. The van der Waals surface area contributed by atoms with Crippen LogP contribution in [-0.2, 0) is 6.42 Å². The number of thiazole rings is 2. The molecule has 3 nitrogen and oxygen atoms in total. The highest BCUT2D eigenvalue weighted by Crippen LogP contribution is 2.22. The van der Waals surface area contributed by atoms with Gasteiger partial charge in [-0.25, -0.2) is 4.98 Å². The fourth-order valence-electron chi connectivity index (χ4n) is 1.45. The van der Waals surface area contributed by atoms with Gasteiger partial charge in [0.1, 0.15) is 0 Å². The molecule has 5 heteroatoms. The van der Waals surface area contributed by atoms with Crippen LogP contribution in [0.3, 0.4) is 0 Å². The first-order chi connectivity index (χ1) is 7.40. The van der Waals surface area contributed by atoms with Crippen molar-refractivity contribution in [2.45, 2.75) is 19.4 Å². The highest BCUT2D eigenvalue weighted by atomic mass is 32.1. The molecule has 15 heavy (non-hydrogen) atoms. The summed E-state index contributed by atoms with van der Waals surface area (Å²) < 4.78 is 0. The lowest BCUT2D eigenvalue weighted by Gasteiger charge is -2.13. The molecule has 2 aromatic heterocycles. The Kier molecular flexibility index (Phi) is 3.82. The zero-order chi connectivity index (χ0) is 10.5. The summed E-state index contributed by atoms with van der Waals surface area (Å²) in [6, 6.07) is 0.355. The number of hydrogen-bond donors (Lipinski definition) is 1. The van der Waals surface area contributed by atoms with Crippen molar-refractivity contribution < 1.29 is 0 Å². The summed E-state index contributed by atoms with van der Waals surface area (Å²) in [5.41, 5.74) is 1.88. The van der Waals surface area contributed by atoms with E-state index in [2.05, 4.69) is 22.2 Å². The Balaban J connectivity index is 2.07. The van der Waals surface area contributed by atoms with E-state index in [1.54, 1.807) is 22.7 Å². The Morgan fingerprint density at radius 3 is 3.00 bits per heavy atom. The van der Waals surface area contributed by atoms with Crippen LogP contribution in [0.5, 0.6) is 0 Å². The van der Waals surface area contributed by atoms with E-state index < -0.39 is 0 Å². The van der Waals surface area contributed by atoms with Crippen LogP contribution >= 0.6 is 22.7 Å². The van der Waals surface area contributed by atoms with Crippen LogP contribution in [-0.4, -0.2) is 16.5 Å². The van der Waals surface area contributed by atoms with E-state index in [9.17, 15) is 0 Å². The molecule has 2 rings (SSSR count). The third-order valence-corrected chi connectivity index (χ3v) is 3.80. The fourth-order valence-corrected chi connectivity index (χ4v) is 2.81. The molecule has 1 atom stereocenters. The number of rotatable bonds is 5. The van der Waals surface area contributed by atoms with E-state index >= 15 is 0 Å². The first-order valence-corrected chi connectivity index (χ1v) is 6.66. The van der Waals surface area contributed by atoms with Crippen molar-refractivity contribution in [1.82, 2.24) is 15.3 Å². The van der Waals surface area contributed by atoms with Crippen LogP contribution in [0.2, 0.25) is 0 Å². The molecular formula is C10H13N3S2. The third kappa shape index (κ3) is 2.84. The van der Waals surface area contributed by atoms with Gasteiger partial charge in [0.05, 0.1) is 10.5 Å². The Morgan fingerprint density at radius 2 is 2.40 bits per heavy atom. The second-order valence-corrected chi connectivity index (χ2v) is 5.04. The van der Waals surface area contributed by atoms with Crippen LogP contribution in [0.1, 0.15) is 22.9 Å². The van der Waals surface area contributed by atoms with Gasteiger partial charge in [-0.05, 0) is 6.54 Å². The van der Waals surface area contributed by atoms with Crippen molar-refractivity contribution in [3.05, 3.63) is 33.2 Å². The summed E-state index contributed by atoms with van der Waals surface area (Å²) in [5.74, 6) is 0. The number of nitrogens with one attached hydrogen (secondary N) is 1. The number of hydrogen-bond acceptors (Lipinski definition) is 5. The lowest BCUT2D eigenvalue weighted by Crippen LogP contribution is -2.22. The fraction of sp³-hybridized carbons (Fsp3) is 0.400. The van der Waals surface area contributed by atoms with Gasteiger partial charge in [0, 0.05) is 35.1 Å². The van der Waals surface area contributed by atoms with Crippen molar-refractivity contribution in [3.8, 4) is 0 Å². The van der Waals surface area contributed by atoms with E-state index in [1.165, 1.54) is 9.88 Å². The quantitative estimate of drug-likeness (QED) is 0.871. The Hall–Kier alpha value is -0.780. The predicted octanol–water partition coefficient (Wildman–Crippen LogP) is 2.49. The van der Waals surface area contributed by atoms with Gasteiger partial charge >= 0.3 is 0 Å². The van der Waals surface area contributed by atoms with E-state index in [1.807, 2.05) is 23.3 Å². The smallest absolute Gasteiger partial charge is 0.0944 e. The van der Waals surface area contributed by atoms with Crippen molar-refractivity contribution in [3.63, 3.8) is 0 Å². The second-order valence-electron chi connectivity index (χ2n) is 3.14. The molecule has 2 aromatic rings. The van der Waals surface area contributed by atoms with Crippen LogP contribution in [0, 0.1) is 0 Å². The first-order valence-electron chi connectivity index (χ1n) is 4.90. The molecule has 1 N–H and O–H groups in total. The monoisotopic (exact) mass is 239 g/mol. The SMILES string of the molecule is CCNC(Cc1nccs1)c1cncs1. The maximum atomic E-state index is 4.31. The molecule has 0 bridgehead atoms. The number of nitrogens with zero attached hydrogens (tertiary/aromatic N) is 2. The topological polar surface area (TPSA) is 37.8 Å². The summed E-state index contributed by atoms with van der Waals surface area (Å²) in [5, 5.41) is 6.65. The minimum absolute atomic E-state index is 0.355. The van der Waals surface area contributed by atoms with Crippen LogP contribution in [0.4, 0.5) is 0 Å². The minimum atomic E-state index is 0.355. The minimum Gasteiger partial charge on any atom is -0.309 e. The summed E-state index contributed by atoms with van der Waals surface area (Å²) in [6.45, 7) is 3.09. The number of aromatic nitrogens is 2. The van der Waals surface area contributed by atoms with Crippen LogP contribution in [0.15, 0.2) is 23.3 Å². The molecule has 0 fully saturated rings. The molecule has 2 heterocycles. The van der Waals surface area contributed by atoms with Gasteiger partial charge in [-0.2, -0.15) is 0 Å². The summed E-state index contributed by atoms with van der Waals surface area (Å²) in [7, 11) is 0. The standard InChI is InChI=1S/C10H13N3S2/c1-2-12-8(9-6-11-7-15-9)5-10-13-3-4-14-10/h3-4,6-8,12H,2,5H2,1H3. The number of likely N-dealkylation sites (N-methyl/N-ethyl adjacent to an activating group) is 1. The van der Waals surface area contributed by atoms with E-state index in [4.69, 9.17) is 0 Å². The van der Waals surface area contributed by atoms with Crippen molar-refractivity contribution in [1.29, 1.82) is 0 Å². The Labute approximate surface area is 97.2 Å². The van der Waals surface area contributed by atoms with Gasteiger partial charge in [0.25, 0.3) is 0 Å². The molecule has 0 saturated heterocycles. The van der Waals surface area contributed by atoms with E-state index in [0.717, 1.165) is 13.0 Å². The molecule has 0 radical (unpaired) electrons. The van der Waals surface area contributed by atoms with Crippen LogP contribution in [0.25, 0.3) is 0 Å². The Morgan fingerprint density at radius 1 is 1.47 bits per heavy atom. The van der Waals surface area contributed by atoms with Gasteiger partial charge in [-0.1, -0.05) is 6.92 Å². The first kappa shape index (κ1) is 10.7. The highest BCUT2D eigenvalue weighted by Gasteiger charge is 2.13. The maximum absolute atomic E-state index is 4.31. The predicted molar refractivity (Wildman–Crippen MR) is 64.3 cm³/mol. The van der Waals surface area contributed by atoms with Gasteiger partial charge in [-0.3, -0.25) is 4.98 Å². The van der Waals surface area contributed by atoms with Gasteiger partial charge in [-0.15, -0.1) is 22.7 Å². The van der Waals surface area contributed by atoms with E-state index in [0.29, 0.717) is 6.04 Å². The molecule has 80 valence electrons. The van der Waals surface area contributed by atoms with Gasteiger partial charge < -0.3 is 5.32 Å². The summed E-state index contributed by atoms with van der Waals surface area (Å²) in [6.07, 6.45) is 4.75. The normalized spacial score (nSPS) is 12.9. The summed E-state index contributed by atoms with van der Waals surface area (Å²) in [4.78, 5) is 9.71. The third-order valence-electron chi connectivity index (χ3n) is 2.11. The largest absolute Gasteiger partial charge is 0.309 e. The maximum Gasteiger partial charge on any atom is 0.0944 e. The molecule has 1 unspecified atom stereocenters. The molecule has 0 aliphatic heterocycles. The molecular weight excluding hydrogens is 226 g/mol. The molecule has 0 aliphatic rings. The van der Waals surface area contributed by atoms with Gasteiger partial charge in [0.2, 0.25) is 0 Å². The van der Waals surface area contributed by atoms with Crippen molar-refractivity contribution >= 4 is 22.7 Å². The summed E-state index contributed by atoms with van der Waals surface area (Å²) >= 11 is 3.40. The zero-order valence-corrected chi connectivity index (χ0v) is 10.1. The lowest BCUT2D eigenvalue weighted by molar-refractivity contribution is 0.556.